The smallest absolute Gasteiger partial charge is 0.490 e. The molecule has 81 heavy (non-hydrogen) atoms. The number of imidazole rings is 1. The van der Waals surface area contributed by atoms with Crippen molar-refractivity contribution in [1.82, 2.24) is 29.7 Å². The third kappa shape index (κ3) is 15.4. The molecule has 11 N–H and O–H groups in total. The molecule has 3 unspecified atom stereocenters. The highest BCUT2D eigenvalue weighted by Crippen LogP contribution is 2.68. The fraction of sp³-hybridized carbons (Fsp3) is 0.422. The zero-order valence-electron chi connectivity index (χ0n) is 43.3. The van der Waals surface area contributed by atoms with E-state index in [-0.39, 0.29) is 114 Å². The first-order chi connectivity index (χ1) is 38.0. The number of aromatic amines is 1. The molecule has 3 aliphatic rings. The number of nitrogens with two attached hydrogens (primary N) is 1. The third-order valence-electron chi connectivity index (χ3n) is 12.3. The number of aliphatic hydroxyl groups is 1. The van der Waals surface area contributed by atoms with Gasteiger partial charge in [0.05, 0.1) is 31.3 Å². The predicted octanol–water partition coefficient (Wildman–Crippen LogP) is 2.05. The molecule has 1 saturated heterocycles. The second kappa shape index (κ2) is 25.8. The maximum Gasteiger partial charge on any atom is 0.490 e. The van der Waals surface area contributed by atoms with Crippen LogP contribution in [0.1, 0.15) is 75.4 Å². The Bertz CT molecular complexity index is 3820. The van der Waals surface area contributed by atoms with Crippen LogP contribution in [0.4, 0.5) is 11.6 Å². The molecule has 0 saturated carbocycles. The van der Waals surface area contributed by atoms with Crippen LogP contribution in [0.25, 0.3) is 44.6 Å². The van der Waals surface area contributed by atoms with Crippen molar-refractivity contribution >= 4 is 89.3 Å². The minimum absolute atomic E-state index is 0.000570. The van der Waals surface area contributed by atoms with Crippen molar-refractivity contribution in [2.75, 3.05) is 57.5 Å². The van der Waals surface area contributed by atoms with Crippen LogP contribution in [-0.2, 0) is 61.1 Å². The van der Waals surface area contributed by atoms with Crippen molar-refractivity contribution in [3.63, 3.8) is 0 Å². The minimum atomic E-state index is -5.82. The number of ether oxygens (including phenoxy) is 1. The number of phosphoric ester groups is 2. The number of hydrogen-bond donors (Lipinski definition) is 10. The molecule has 442 valence electrons. The van der Waals surface area contributed by atoms with Crippen molar-refractivity contribution < 1.29 is 101 Å². The van der Waals surface area contributed by atoms with E-state index < -0.39 is 108 Å². The van der Waals surface area contributed by atoms with Crippen LogP contribution in [0.3, 0.4) is 0 Å². The lowest BCUT2D eigenvalue weighted by atomic mass is 9.90. The number of benzene rings is 3. The lowest BCUT2D eigenvalue weighted by molar-refractivity contribution is -0.498. The number of aliphatic hydroxyl groups excluding tert-OH is 1. The Morgan fingerprint density at radius 2 is 1.65 bits per heavy atom. The van der Waals surface area contributed by atoms with E-state index in [0.29, 0.717) is 19.3 Å². The first kappa shape index (κ1) is 62.8. The molecule has 4 aromatic rings. The summed E-state index contributed by atoms with van der Waals surface area (Å²) in [5.41, 5.74) is 4.66. The molecular formula is C45H58N9O22P3S2. The fourth-order valence-electron chi connectivity index (χ4n) is 8.85. The zero-order valence-corrected chi connectivity index (χ0v) is 47.6. The standard InChI is InChI=1S/C45H58N9O22P3S2/c1-4-47-30-18-16-28-36(29-17-19-31(48-5-2)41(81(68,69)70)39(29)74-38(28)40(30)80(65,66)67)26-13-8-9-14-27(26)44(58)53(3)21-12-15-34(56)49-20-10-6-7-11-22-71-77(59,60)75-79(63,64)76-78(61,62)72-24-33-32(55)23-35(73-33)54-25-50-37-42(54)51-45(46)52-43(37)57/h8-9,13-14,16-19,25,32-33,35,47,55H,4-7,10-12,15,20-24H2,1-3H3,(H,49,56)(H,59,60)(H,61,62)(H,63,64)(H,65,66,67)(H,68,69,70)(H3,46,51,52,57)/t32-,33+,35+/m0/s1. The Labute approximate surface area is 461 Å². The molecule has 1 fully saturated rings. The van der Waals surface area contributed by atoms with Crippen LogP contribution in [0.15, 0.2) is 73.9 Å². The normalized spacial score (nSPS) is 18.4. The summed E-state index contributed by atoms with van der Waals surface area (Å²) >= 11 is 0. The number of hydrogen-bond acceptors (Lipinski definition) is 22. The Kier molecular flexibility index (Phi) is 20.0. The van der Waals surface area contributed by atoms with Crippen LogP contribution in [0, 0.1) is 0 Å². The minimum Gasteiger partial charge on any atom is -0.744 e. The molecule has 4 heterocycles. The molecule has 31 nitrogen and oxygen atoms in total. The number of amides is 2. The molecular weight excluding hydrogens is 1180 g/mol. The van der Waals surface area contributed by atoms with Gasteiger partial charge in [0.2, 0.25) is 22.1 Å². The number of nitrogens with zero attached hydrogens (tertiary/aromatic N) is 4. The number of H-pyrrole nitrogens is 1. The molecule has 7 rings (SSSR count). The van der Waals surface area contributed by atoms with Gasteiger partial charge >= 0.3 is 33.6 Å². The van der Waals surface area contributed by atoms with Crippen LogP contribution in [0.5, 0.6) is 0 Å². The van der Waals surface area contributed by atoms with Gasteiger partial charge in [-0.15, -0.1) is 0 Å². The number of nitrogen functional groups attached to an aromatic ring is 1. The predicted molar refractivity (Wildman–Crippen MR) is 283 cm³/mol. The van der Waals surface area contributed by atoms with Gasteiger partial charge in [-0.3, -0.25) is 37.5 Å². The summed E-state index contributed by atoms with van der Waals surface area (Å²) in [6.45, 7) is 2.65. The fourth-order valence-corrected chi connectivity index (χ4v) is 14.0. The quantitative estimate of drug-likeness (QED) is 0.0153. The Morgan fingerprint density at radius 3 is 2.35 bits per heavy atom. The lowest BCUT2D eigenvalue weighted by Gasteiger charge is -2.23. The summed E-state index contributed by atoms with van der Waals surface area (Å²) < 4.78 is 143. The summed E-state index contributed by atoms with van der Waals surface area (Å²) in [5, 5.41) is 16.0. The molecule has 2 amide bonds. The monoisotopic (exact) mass is 1230 g/mol. The molecule has 0 radical (unpaired) electrons. The highest BCUT2D eigenvalue weighted by Gasteiger charge is 2.44. The van der Waals surface area contributed by atoms with Gasteiger partial charge in [0.25, 0.3) is 11.5 Å². The molecule has 1 aliphatic carbocycles. The number of anilines is 2. The van der Waals surface area contributed by atoms with E-state index in [0.717, 1.165) is 0 Å². The molecule has 0 bridgehead atoms. The maximum absolute atomic E-state index is 14.2. The van der Waals surface area contributed by atoms with Gasteiger partial charge in [0.1, 0.15) is 33.9 Å². The molecule has 2 aromatic heterocycles. The summed E-state index contributed by atoms with van der Waals surface area (Å²) in [6, 6.07) is 11.8. The van der Waals surface area contributed by atoms with Gasteiger partial charge < -0.3 is 54.8 Å². The number of aromatic nitrogens is 4. The zero-order chi connectivity index (χ0) is 59.2. The summed E-state index contributed by atoms with van der Waals surface area (Å²) in [6.07, 6.45) is -0.980. The molecule has 2 aliphatic heterocycles. The van der Waals surface area contributed by atoms with Crippen molar-refractivity contribution in [1.29, 1.82) is 0 Å². The van der Waals surface area contributed by atoms with Gasteiger partial charge in [-0.25, -0.2) is 32.1 Å². The van der Waals surface area contributed by atoms with Crippen molar-refractivity contribution in [2.24, 2.45) is 0 Å². The number of phosphoric acid groups is 3. The summed E-state index contributed by atoms with van der Waals surface area (Å²) in [5.74, 6) is -1.60. The maximum atomic E-state index is 14.2. The molecule has 6 atom stereocenters. The second-order valence-corrected chi connectivity index (χ2v) is 25.5. The van der Waals surface area contributed by atoms with E-state index in [1.165, 1.54) is 53.2 Å². The van der Waals surface area contributed by atoms with E-state index in [9.17, 15) is 73.8 Å². The van der Waals surface area contributed by atoms with Crippen LogP contribution in [0.2, 0.25) is 0 Å². The van der Waals surface area contributed by atoms with Gasteiger partial charge in [-0.2, -0.15) is 22.0 Å². The van der Waals surface area contributed by atoms with Gasteiger partial charge in [-0.1, -0.05) is 31.0 Å². The average Bonchev–Trinajstić information content (AvgIpc) is 4.07. The highest BCUT2D eigenvalue weighted by atomic mass is 32.2. The number of carbonyl (C=O) groups is 2. The Morgan fingerprint density at radius 1 is 0.951 bits per heavy atom. The van der Waals surface area contributed by atoms with Gasteiger partial charge in [0.15, 0.2) is 22.5 Å². The largest absolute Gasteiger partial charge is 0.744 e. The van der Waals surface area contributed by atoms with Crippen LogP contribution in [-0.4, -0.2) is 141 Å². The second-order valence-electron chi connectivity index (χ2n) is 18.2. The van der Waals surface area contributed by atoms with Crippen LogP contribution < -0.4 is 32.3 Å². The lowest BCUT2D eigenvalue weighted by Crippen LogP contribution is -2.76. The first-order valence-corrected chi connectivity index (χ1v) is 32.1. The van der Waals surface area contributed by atoms with Crippen molar-refractivity contribution in [2.45, 2.75) is 87.0 Å². The number of nitrogens with one attached hydrogen (secondary N) is 4. The number of rotatable bonds is 27. The van der Waals surface area contributed by atoms with Crippen molar-refractivity contribution in [3.05, 3.63) is 76.1 Å². The first-order valence-electron chi connectivity index (χ1n) is 24.7. The summed E-state index contributed by atoms with van der Waals surface area (Å²) in [7, 11) is -25.6. The topological polar surface area (TPSA) is 468 Å². The third-order valence-corrected chi connectivity index (χ3v) is 18.4. The number of carbonyl (C=O) groups excluding carboxylic acids is 2. The van der Waals surface area contributed by atoms with Crippen LogP contribution >= 0.6 is 23.5 Å². The highest BCUT2D eigenvalue weighted by molar-refractivity contribution is 7.86. The number of fused-ring (bicyclic) bond motifs is 3. The van der Waals surface area contributed by atoms with Gasteiger partial charge in [-0.05, 0) is 62.9 Å². The SMILES string of the molecule is CCNc1ccc2c(-c3ccccc3C(=O)N(C)CCCC(=O)NCCCCCCOP(=O)(O)OP(=O)(O)OP(=O)(O)OC[C@H]3O[C@@H](n4cnc5c(=O)[nH]c(N)nc54)C[C@@H]3O)c3ccc(=[NH+]CC)c(S(=O)(=O)O)c-3oc2c1S(=O)(=O)[O-]. The Hall–Kier alpha value is -5.83. The van der Waals surface area contributed by atoms with E-state index in [1.54, 1.807) is 32.0 Å². The van der Waals surface area contributed by atoms with E-state index in [1.807, 2.05) is 0 Å². The van der Waals surface area contributed by atoms with Crippen molar-refractivity contribution in [3.8, 4) is 22.5 Å². The average molecular weight is 1230 g/mol. The van der Waals surface area contributed by atoms with Gasteiger partial charge in [0, 0.05) is 67.7 Å². The van der Waals surface area contributed by atoms with E-state index in [4.69, 9.17) is 19.4 Å². The van der Waals surface area contributed by atoms with E-state index in [2.05, 4.69) is 43.7 Å². The summed E-state index contributed by atoms with van der Waals surface area (Å²) in [4.78, 5) is 82.0. The molecule has 0 spiro atoms. The molecule has 36 heteroatoms. The number of unbranched alkanes of at least 4 members (excludes halogenated alkanes) is 3. The van der Waals surface area contributed by atoms with E-state index >= 15 is 0 Å². The molecule has 2 aromatic carbocycles. The Balaban J connectivity index is 0.864.